The van der Waals surface area contributed by atoms with E-state index in [9.17, 15) is 9.59 Å². The highest BCUT2D eigenvalue weighted by atomic mass is 35.6. The monoisotopic (exact) mass is 790 g/mol. The van der Waals surface area contributed by atoms with Crippen molar-refractivity contribution in [2.75, 3.05) is 19.6 Å². The lowest BCUT2D eigenvalue weighted by molar-refractivity contribution is -0.137. The van der Waals surface area contributed by atoms with E-state index in [0.29, 0.717) is 19.6 Å². The summed E-state index contributed by atoms with van der Waals surface area (Å²) in [4.78, 5) is 36.9. The lowest BCUT2D eigenvalue weighted by Crippen LogP contribution is -2.50. The normalized spacial score (nSPS) is 18.0. The Morgan fingerprint density at radius 3 is 2.00 bits per heavy atom. The SMILES string of the molecule is CC(C)(C)OC(=O)N1C[C@H](CN(C(=O)CC(Cl)(Cl)Cl)[C@@H](c2nc(-c3ccccc3)cn2Cc2ccccc2)C(C)(C)C)[C@@H](O[Si](C)(C)C(C)(C)C)C1. The quantitative estimate of drug-likeness (QED) is 0.151. The van der Waals surface area contributed by atoms with E-state index < -0.39 is 35.3 Å². The molecule has 0 bridgehead atoms. The highest BCUT2D eigenvalue weighted by molar-refractivity contribution is 6.74. The fraction of sp³-hybridized carbons (Fsp3) is 0.575. The summed E-state index contributed by atoms with van der Waals surface area (Å²) in [5.41, 5.74) is 1.68. The van der Waals surface area contributed by atoms with E-state index in [4.69, 9.17) is 48.9 Å². The van der Waals surface area contributed by atoms with Crippen molar-refractivity contribution in [3.8, 4) is 11.3 Å². The first kappa shape index (κ1) is 42.2. The smallest absolute Gasteiger partial charge is 0.410 e. The van der Waals surface area contributed by atoms with Gasteiger partial charge in [-0.1, -0.05) is 137 Å². The number of alkyl halides is 3. The lowest BCUT2D eigenvalue weighted by atomic mass is 9.84. The van der Waals surface area contributed by atoms with Gasteiger partial charge in [-0.3, -0.25) is 4.79 Å². The number of carbonyl (C=O) groups excluding carboxylic acids is 2. The Morgan fingerprint density at radius 1 is 0.904 bits per heavy atom. The van der Waals surface area contributed by atoms with Crippen LogP contribution in [-0.4, -0.2) is 74.8 Å². The zero-order valence-corrected chi connectivity index (χ0v) is 35.9. The molecule has 3 aromatic rings. The second-order valence-corrected chi connectivity index (χ2v) is 24.9. The topological polar surface area (TPSA) is 76.9 Å². The molecule has 1 fully saturated rings. The van der Waals surface area contributed by atoms with Crippen LogP contribution >= 0.6 is 34.8 Å². The molecule has 0 spiro atoms. The van der Waals surface area contributed by atoms with Gasteiger partial charge in [0.15, 0.2) is 12.1 Å². The number of hydrogen-bond acceptors (Lipinski definition) is 5. The van der Waals surface area contributed by atoms with Gasteiger partial charge in [-0.25, -0.2) is 9.78 Å². The van der Waals surface area contributed by atoms with Gasteiger partial charge in [0.2, 0.25) is 5.91 Å². The average molecular weight is 792 g/mol. The van der Waals surface area contributed by atoms with Gasteiger partial charge in [-0.05, 0) is 49.9 Å². The van der Waals surface area contributed by atoms with Gasteiger partial charge in [0.05, 0.1) is 24.3 Å². The molecule has 0 unspecified atom stereocenters. The Morgan fingerprint density at radius 2 is 1.48 bits per heavy atom. The van der Waals surface area contributed by atoms with Crippen molar-refractivity contribution in [2.45, 2.75) is 115 Å². The van der Waals surface area contributed by atoms with Crippen LogP contribution in [0.1, 0.15) is 86.2 Å². The third kappa shape index (κ3) is 11.2. The minimum Gasteiger partial charge on any atom is -0.444 e. The zero-order valence-electron chi connectivity index (χ0n) is 32.7. The van der Waals surface area contributed by atoms with Crippen molar-refractivity contribution in [3.05, 3.63) is 78.2 Å². The second kappa shape index (κ2) is 16.0. The van der Waals surface area contributed by atoms with Crippen LogP contribution in [0.25, 0.3) is 11.3 Å². The van der Waals surface area contributed by atoms with Crippen LogP contribution in [-0.2, 0) is 20.5 Å². The number of imidazole rings is 1. The maximum Gasteiger partial charge on any atom is 0.410 e. The van der Waals surface area contributed by atoms with Crippen LogP contribution in [0.4, 0.5) is 4.79 Å². The van der Waals surface area contributed by atoms with Gasteiger partial charge in [0, 0.05) is 43.9 Å². The number of halogens is 3. The molecule has 2 heterocycles. The molecule has 52 heavy (non-hydrogen) atoms. The van der Waals surface area contributed by atoms with E-state index in [-0.39, 0.29) is 35.9 Å². The predicted octanol–water partition coefficient (Wildman–Crippen LogP) is 10.5. The summed E-state index contributed by atoms with van der Waals surface area (Å²) >= 11 is 19.0. The van der Waals surface area contributed by atoms with E-state index in [1.165, 1.54) is 0 Å². The average Bonchev–Trinajstić information content (AvgIpc) is 3.58. The molecule has 1 aromatic heterocycles. The second-order valence-electron chi connectivity index (χ2n) is 17.6. The number of amides is 2. The van der Waals surface area contributed by atoms with E-state index >= 15 is 0 Å². The number of aromatic nitrogens is 2. The highest BCUT2D eigenvalue weighted by Crippen LogP contribution is 2.44. The Kier molecular flexibility index (Phi) is 13.0. The number of nitrogens with zero attached hydrogens (tertiary/aromatic N) is 4. The van der Waals surface area contributed by atoms with Crippen molar-refractivity contribution in [1.29, 1.82) is 0 Å². The fourth-order valence-electron chi connectivity index (χ4n) is 6.36. The number of rotatable bonds is 10. The summed E-state index contributed by atoms with van der Waals surface area (Å²) in [5.74, 6) is 0.144. The molecule has 0 radical (unpaired) electrons. The summed E-state index contributed by atoms with van der Waals surface area (Å²) < 4.78 is 13.2. The van der Waals surface area contributed by atoms with Gasteiger partial charge in [-0.15, -0.1) is 0 Å². The van der Waals surface area contributed by atoms with Crippen LogP contribution in [0.3, 0.4) is 0 Å². The molecular formula is C40H57Cl3N4O4Si. The summed E-state index contributed by atoms with van der Waals surface area (Å²) in [6.45, 7) is 24.3. The van der Waals surface area contributed by atoms with Gasteiger partial charge in [-0.2, -0.15) is 0 Å². The molecule has 1 aliphatic rings. The maximum absolute atomic E-state index is 14.6. The predicted molar refractivity (Wildman–Crippen MR) is 215 cm³/mol. The zero-order chi connectivity index (χ0) is 38.9. The Balaban J connectivity index is 1.86. The molecule has 4 rings (SSSR count). The van der Waals surface area contributed by atoms with E-state index in [1.54, 1.807) is 4.90 Å². The third-order valence-electron chi connectivity index (χ3n) is 9.84. The number of likely N-dealkylation sites (tertiary alicyclic amines) is 1. The minimum absolute atomic E-state index is 0.0775. The molecule has 1 saturated heterocycles. The molecule has 0 aliphatic carbocycles. The minimum atomic E-state index is -2.32. The highest BCUT2D eigenvalue weighted by Gasteiger charge is 2.48. The van der Waals surface area contributed by atoms with Crippen LogP contribution in [0, 0.1) is 11.3 Å². The number of ether oxygens (including phenoxy) is 1. The van der Waals surface area contributed by atoms with Crippen molar-refractivity contribution in [2.24, 2.45) is 11.3 Å². The van der Waals surface area contributed by atoms with Crippen LogP contribution < -0.4 is 0 Å². The first-order valence-corrected chi connectivity index (χ1v) is 22.1. The van der Waals surface area contributed by atoms with Gasteiger partial charge in [0.1, 0.15) is 11.4 Å². The van der Waals surface area contributed by atoms with Gasteiger partial charge in [0.25, 0.3) is 0 Å². The third-order valence-corrected chi connectivity index (χ3v) is 14.7. The van der Waals surface area contributed by atoms with Gasteiger partial charge >= 0.3 is 6.09 Å². The molecule has 3 atom stereocenters. The van der Waals surface area contributed by atoms with Crippen molar-refractivity contribution in [1.82, 2.24) is 19.4 Å². The standard InChI is InChI=1S/C40H57Cl3N4O4Si/c1-37(2,3)34(35-44-31(29-20-16-13-17-21-29)26-45(35)23-28-18-14-12-15-19-28)47(33(48)22-40(41,42)43)25-30-24-46(36(49)50-38(4,5)6)27-32(30)51-52(10,11)39(7,8)9/h12-21,26,30,32,34H,22-25,27H2,1-11H3/t30-,32+,34+/m1/s1. The molecule has 286 valence electrons. The van der Waals surface area contributed by atoms with E-state index in [2.05, 4.69) is 77.5 Å². The van der Waals surface area contributed by atoms with E-state index in [1.807, 2.05) is 74.2 Å². The van der Waals surface area contributed by atoms with Gasteiger partial charge < -0.3 is 23.5 Å². The Labute approximate surface area is 327 Å². The molecule has 2 amide bonds. The largest absolute Gasteiger partial charge is 0.444 e. The fourth-order valence-corrected chi connectivity index (χ4v) is 8.08. The lowest BCUT2D eigenvalue weighted by Gasteiger charge is -2.43. The summed E-state index contributed by atoms with van der Waals surface area (Å²) in [7, 11) is -2.32. The Hall–Kier alpha value is -2.56. The van der Waals surface area contributed by atoms with Crippen LogP contribution in [0.5, 0.6) is 0 Å². The maximum atomic E-state index is 14.6. The number of benzene rings is 2. The van der Waals surface area contributed by atoms with Crippen LogP contribution in [0.15, 0.2) is 66.9 Å². The van der Waals surface area contributed by atoms with Crippen LogP contribution in [0.2, 0.25) is 18.1 Å². The number of hydrogen-bond donors (Lipinski definition) is 0. The van der Waals surface area contributed by atoms with Crippen molar-refractivity contribution in [3.63, 3.8) is 0 Å². The molecule has 8 nitrogen and oxygen atoms in total. The van der Waals surface area contributed by atoms with E-state index in [0.717, 1.165) is 22.6 Å². The molecule has 0 N–H and O–H groups in total. The number of carbonyl (C=O) groups is 2. The molecule has 0 saturated carbocycles. The first-order chi connectivity index (χ1) is 23.8. The summed E-state index contributed by atoms with van der Waals surface area (Å²) in [6.07, 6.45) is 0.972. The summed E-state index contributed by atoms with van der Waals surface area (Å²) in [6, 6.07) is 19.7. The van der Waals surface area contributed by atoms with Crippen molar-refractivity contribution >= 4 is 55.1 Å². The molecular weight excluding hydrogens is 735 g/mol. The molecule has 12 heteroatoms. The first-order valence-electron chi connectivity index (χ1n) is 18.0. The molecule has 2 aromatic carbocycles. The van der Waals surface area contributed by atoms with Crippen molar-refractivity contribution < 1.29 is 18.8 Å². The molecule has 1 aliphatic heterocycles. The summed E-state index contributed by atoms with van der Waals surface area (Å²) in [5, 5.41) is -0.0775. The Bertz CT molecular complexity index is 1660.